The van der Waals surface area contributed by atoms with Crippen molar-refractivity contribution in [2.24, 2.45) is 15.7 Å². The van der Waals surface area contributed by atoms with Gasteiger partial charge in [-0.05, 0) is 61.4 Å². The Kier molecular flexibility index (Phi) is 7.07. The third-order valence-corrected chi connectivity index (χ3v) is 5.38. The Morgan fingerprint density at radius 3 is 2.43 bits per heavy atom. The number of guanidine groups is 2. The highest BCUT2D eigenvalue weighted by molar-refractivity contribution is 6.30. The second-order valence-electron chi connectivity index (χ2n) is 7.16. The van der Waals surface area contributed by atoms with Crippen molar-refractivity contribution in [3.05, 3.63) is 58.6 Å². The van der Waals surface area contributed by atoms with Gasteiger partial charge in [0.15, 0.2) is 0 Å². The van der Waals surface area contributed by atoms with E-state index < -0.39 is 6.29 Å². The van der Waals surface area contributed by atoms with Crippen molar-refractivity contribution >= 4 is 47.3 Å². The van der Waals surface area contributed by atoms with Gasteiger partial charge < -0.3 is 20.7 Å². The van der Waals surface area contributed by atoms with Crippen molar-refractivity contribution in [2.75, 3.05) is 36.5 Å². The number of anilines is 2. The van der Waals surface area contributed by atoms with Crippen LogP contribution in [0.2, 0.25) is 5.02 Å². The van der Waals surface area contributed by atoms with Gasteiger partial charge in [-0.3, -0.25) is 4.90 Å². The molecule has 2 aliphatic heterocycles. The Hall–Kier alpha value is -2.48. The van der Waals surface area contributed by atoms with Crippen molar-refractivity contribution < 1.29 is 4.74 Å². The number of halogens is 2. The van der Waals surface area contributed by atoms with Crippen molar-refractivity contribution in [1.82, 2.24) is 4.90 Å². The van der Waals surface area contributed by atoms with Crippen molar-refractivity contribution in [3.8, 4) is 0 Å². The summed E-state index contributed by atoms with van der Waals surface area (Å²) in [5.74, 6) is 1.02. The van der Waals surface area contributed by atoms with Crippen LogP contribution in [0.1, 0.15) is 11.1 Å². The number of hydrogen-bond acceptors (Lipinski definition) is 7. The van der Waals surface area contributed by atoms with Gasteiger partial charge >= 0.3 is 0 Å². The van der Waals surface area contributed by atoms with E-state index in [1.54, 1.807) is 0 Å². The largest absolute Gasteiger partial charge is 0.378 e. The first-order valence-corrected chi connectivity index (χ1v) is 10.0. The zero-order valence-electron chi connectivity index (χ0n) is 17.0. The summed E-state index contributed by atoms with van der Waals surface area (Å²) in [6, 6.07) is 13.9. The molecule has 1 fully saturated rings. The van der Waals surface area contributed by atoms with Crippen LogP contribution in [0, 0.1) is 13.8 Å². The van der Waals surface area contributed by atoms with Crippen LogP contribution < -0.4 is 16.0 Å². The van der Waals surface area contributed by atoms with E-state index >= 15 is 0 Å². The number of benzene rings is 2. The lowest BCUT2D eigenvalue weighted by Gasteiger charge is -2.41. The van der Waals surface area contributed by atoms with Crippen LogP contribution in [-0.4, -0.2) is 49.4 Å². The van der Waals surface area contributed by atoms with Crippen molar-refractivity contribution in [2.45, 2.75) is 20.1 Å². The Balaban J connectivity index is 0.00000256. The first kappa shape index (κ1) is 22.2. The molecule has 0 radical (unpaired) electrons. The summed E-state index contributed by atoms with van der Waals surface area (Å²) in [6.45, 7) is 7.03. The van der Waals surface area contributed by atoms with E-state index in [1.165, 1.54) is 11.1 Å². The molecule has 2 aliphatic rings. The molecule has 0 spiro atoms. The van der Waals surface area contributed by atoms with Crippen molar-refractivity contribution in [1.29, 1.82) is 0 Å². The molecule has 1 saturated heterocycles. The first-order chi connectivity index (χ1) is 14.0. The van der Waals surface area contributed by atoms with Crippen molar-refractivity contribution in [3.63, 3.8) is 0 Å². The number of nitrogens with two attached hydrogens (primary N) is 1. The molecular weight excluding hydrogens is 423 g/mol. The van der Waals surface area contributed by atoms with E-state index in [0.29, 0.717) is 18.2 Å². The minimum absolute atomic E-state index is 0. The highest BCUT2D eigenvalue weighted by Crippen LogP contribution is 2.26. The summed E-state index contributed by atoms with van der Waals surface area (Å²) in [5, 5.41) is 4.14. The van der Waals surface area contributed by atoms with Gasteiger partial charge in [-0.2, -0.15) is 4.99 Å². The Labute approximate surface area is 188 Å². The fraction of sp³-hybridized carbons (Fsp3) is 0.333. The molecule has 1 atom stereocenters. The van der Waals surface area contributed by atoms with Crippen LogP contribution in [-0.2, 0) is 4.74 Å². The molecule has 2 aromatic rings. The van der Waals surface area contributed by atoms with Gasteiger partial charge in [0.25, 0.3) is 0 Å². The van der Waals surface area contributed by atoms with Gasteiger partial charge in [0, 0.05) is 29.5 Å². The highest BCUT2D eigenvalue weighted by Gasteiger charge is 2.32. The van der Waals surface area contributed by atoms with Gasteiger partial charge in [-0.1, -0.05) is 17.7 Å². The first-order valence-electron chi connectivity index (χ1n) is 9.64. The Morgan fingerprint density at radius 1 is 1.07 bits per heavy atom. The zero-order valence-corrected chi connectivity index (χ0v) is 18.6. The molecule has 0 saturated carbocycles. The normalized spacial score (nSPS) is 19.0. The SMILES string of the molecule is Cc1ccc(N2C(N3CCOCC3)=NC(N)=NC2Nc2ccc(Cl)cc2)cc1C.Cl. The van der Waals surface area contributed by atoms with E-state index in [0.717, 1.165) is 30.4 Å². The third-order valence-electron chi connectivity index (χ3n) is 5.13. The third kappa shape index (κ3) is 4.80. The molecular formula is C21H26Cl2N6O. The molecule has 3 N–H and O–H groups in total. The lowest BCUT2D eigenvalue weighted by atomic mass is 10.1. The van der Waals surface area contributed by atoms with Gasteiger partial charge in [-0.25, -0.2) is 4.99 Å². The molecule has 9 heteroatoms. The number of hydrogen-bond donors (Lipinski definition) is 2. The van der Waals surface area contributed by atoms with E-state index in [2.05, 4.69) is 57.1 Å². The maximum atomic E-state index is 6.11. The topological polar surface area (TPSA) is 78.5 Å². The van der Waals surface area contributed by atoms with E-state index in [-0.39, 0.29) is 18.4 Å². The fourth-order valence-electron chi connectivity index (χ4n) is 3.39. The Bertz CT molecular complexity index is 941. The average molecular weight is 449 g/mol. The van der Waals surface area contributed by atoms with Crippen LogP contribution in [0.3, 0.4) is 0 Å². The second-order valence-corrected chi connectivity index (χ2v) is 7.60. The lowest BCUT2D eigenvalue weighted by Crippen LogP contribution is -2.57. The number of aryl methyl sites for hydroxylation is 2. The zero-order chi connectivity index (χ0) is 20.4. The van der Waals surface area contributed by atoms with E-state index in [1.807, 2.05) is 24.3 Å². The summed E-state index contributed by atoms with van der Waals surface area (Å²) < 4.78 is 5.52. The van der Waals surface area contributed by atoms with E-state index in [4.69, 9.17) is 22.1 Å². The van der Waals surface area contributed by atoms with Gasteiger partial charge in [0.2, 0.25) is 18.2 Å². The molecule has 4 rings (SSSR count). The molecule has 0 aromatic heterocycles. The van der Waals surface area contributed by atoms with Gasteiger partial charge in [-0.15, -0.1) is 12.4 Å². The van der Waals surface area contributed by atoms with Crippen LogP contribution in [0.4, 0.5) is 11.4 Å². The molecule has 2 heterocycles. The summed E-state index contributed by atoms with van der Waals surface area (Å²) in [7, 11) is 0. The van der Waals surface area contributed by atoms with Crippen LogP contribution in [0.5, 0.6) is 0 Å². The molecule has 1 unspecified atom stereocenters. The van der Waals surface area contributed by atoms with Crippen LogP contribution in [0.15, 0.2) is 52.4 Å². The summed E-state index contributed by atoms with van der Waals surface area (Å²) in [4.78, 5) is 13.5. The maximum Gasteiger partial charge on any atom is 0.222 e. The smallest absolute Gasteiger partial charge is 0.222 e. The molecule has 7 nitrogen and oxygen atoms in total. The molecule has 0 aliphatic carbocycles. The fourth-order valence-corrected chi connectivity index (χ4v) is 3.51. The highest BCUT2D eigenvalue weighted by atomic mass is 35.5. The van der Waals surface area contributed by atoms with Gasteiger partial charge in [0.05, 0.1) is 13.2 Å². The van der Waals surface area contributed by atoms with Crippen LogP contribution in [0.25, 0.3) is 0 Å². The lowest BCUT2D eigenvalue weighted by molar-refractivity contribution is 0.0671. The molecule has 0 amide bonds. The molecule has 0 bridgehead atoms. The van der Waals surface area contributed by atoms with Gasteiger partial charge in [0.1, 0.15) is 0 Å². The number of morpholine rings is 1. The second kappa shape index (κ2) is 9.55. The number of nitrogens with one attached hydrogen (secondary N) is 1. The quantitative estimate of drug-likeness (QED) is 0.749. The number of rotatable bonds is 3. The number of nitrogens with zero attached hydrogens (tertiary/aromatic N) is 4. The minimum atomic E-state index is -0.436. The predicted octanol–water partition coefficient (Wildman–Crippen LogP) is 3.60. The van der Waals surface area contributed by atoms with E-state index in [9.17, 15) is 0 Å². The summed E-state index contributed by atoms with van der Waals surface area (Å²) in [6.07, 6.45) is -0.436. The Morgan fingerprint density at radius 2 is 1.77 bits per heavy atom. The maximum absolute atomic E-state index is 6.11. The summed E-state index contributed by atoms with van der Waals surface area (Å²) in [5.41, 5.74) is 10.5. The van der Waals surface area contributed by atoms with Crippen LogP contribution >= 0.6 is 24.0 Å². The average Bonchev–Trinajstić information content (AvgIpc) is 2.72. The molecule has 30 heavy (non-hydrogen) atoms. The number of ether oxygens (including phenoxy) is 1. The monoisotopic (exact) mass is 448 g/mol. The minimum Gasteiger partial charge on any atom is -0.378 e. The standard InChI is InChI=1S/C21H25ClN6O.ClH/c1-14-3-8-18(13-15(14)2)28-20(24-17-6-4-16(22)5-7-17)25-19(23)26-21(28)27-9-11-29-12-10-27;/h3-8,13,20,24H,9-12H2,1-2H3,(H2,23,25);1H. The molecule has 160 valence electrons. The predicted molar refractivity (Wildman–Crippen MR) is 126 cm³/mol. The summed E-state index contributed by atoms with van der Waals surface area (Å²) >= 11 is 6.04. The number of aliphatic imine (C=N–C) groups is 2. The molecule has 2 aromatic carbocycles.